The molecule has 0 radical (unpaired) electrons. The molecule has 0 aromatic heterocycles. The third-order valence-corrected chi connectivity index (χ3v) is 4.58. The Morgan fingerprint density at radius 1 is 1.26 bits per heavy atom. The van der Waals surface area contributed by atoms with E-state index in [1.54, 1.807) is 6.92 Å². The predicted molar refractivity (Wildman–Crippen MR) is 81.7 cm³/mol. The van der Waals surface area contributed by atoms with Crippen molar-refractivity contribution in [1.29, 1.82) is 0 Å². The molecule has 1 saturated carbocycles. The van der Waals surface area contributed by atoms with Crippen LogP contribution in [0.1, 0.15) is 59.3 Å². The van der Waals surface area contributed by atoms with Crippen LogP contribution in [0.3, 0.4) is 0 Å². The van der Waals surface area contributed by atoms with Gasteiger partial charge in [-0.25, -0.2) is 0 Å². The highest BCUT2D eigenvalue weighted by Gasteiger charge is 2.50. The summed E-state index contributed by atoms with van der Waals surface area (Å²) in [4.78, 5) is 36.8. The van der Waals surface area contributed by atoms with Gasteiger partial charge in [0.05, 0.1) is 24.7 Å². The minimum absolute atomic E-state index is 0.0717. The quantitative estimate of drug-likeness (QED) is 0.550. The average molecular weight is 326 g/mol. The van der Waals surface area contributed by atoms with Gasteiger partial charge in [0.2, 0.25) is 0 Å². The highest BCUT2D eigenvalue weighted by Crippen LogP contribution is 2.41. The number of ether oxygens (including phenoxy) is 3. The topological polar surface area (TPSA) is 78.9 Å². The highest BCUT2D eigenvalue weighted by molar-refractivity contribution is 6.09. The number of hydrogen-bond donors (Lipinski definition) is 0. The predicted octanol–water partition coefficient (Wildman–Crippen LogP) is 2.18. The normalized spacial score (nSPS) is 26.3. The molecule has 2 rings (SSSR count). The first kappa shape index (κ1) is 18.1. The van der Waals surface area contributed by atoms with Crippen molar-refractivity contribution >= 4 is 17.5 Å². The molecular weight excluding hydrogens is 300 g/mol. The number of Topliss-reactive ketones (excluding diaryl/α,β-unsaturated/α-hetero) is 2. The molecule has 1 atom stereocenters. The minimum Gasteiger partial charge on any atom is -0.466 e. The van der Waals surface area contributed by atoms with Crippen LogP contribution in [0.15, 0.2) is 0 Å². The lowest BCUT2D eigenvalue weighted by atomic mass is 9.66. The van der Waals surface area contributed by atoms with Gasteiger partial charge in [-0.05, 0) is 40.0 Å². The van der Waals surface area contributed by atoms with Gasteiger partial charge in [-0.1, -0.05) is 0 Å². The Labute approximate surface area is 136 Å². The maximum absolute atomic E-state index is 12.6. The third-order valence-electron chi connectivity index (χ3n) is 4.58. The van der Waals surface area contributed by atoms with Crippen LogP contribution in [0.5, 0.6) is 0 Å². The average Bonchev–Trinajstić information content (AvgIpc) is 2.81. The summed E-state index contributed by atoms with van der Waals surface area (Å²) in [6, 6.07) is 0. The van der Waals surface area contributed by atoms with E-state index in [0.29, 0.717) is 32.5 Å². The van der Waals surface area contributed by atoms with Crippen molar-refractivity contribution in [3.63, 3.8) is 0 Å². The van der Waals surface area contributed by atoms with E-state index in [9.17, 15) is 14.4 Å². The van der Waals surface area contributed by atoms with E-state index in [2.05, 4.69) is 0 Å². The largest absolute Gasteiger partial charge is 0.466 e. The molecule has 0 aromatic rings. The molecule has 130 valence electrons. The lowest BCUT2D eigenvalue weighted by molar-refractivity contribution is -0.157. The van der Waals surface area contributed by atoms with Crippen molar-refractivity contribution in [1.82, 2.24) is 0 Å². The van der Waals surface area contributed by atoms with Crippen molar-refractivity contribution in [3.05, 3.63) is 0 Å². The maximum Gasteiger partial charge on any atom is 0.305 e. The first-order valence-electron chi connectivity index (χ1n) is 8.33. The van der Waals surface area contributed by atoms with Gasteiger partial charge in [-0.3, -0.25) is 14.4 Å². The van der Waals surface area contributed by atoms with Gasteiger partial charge in [-0.2, -0.15) is 0 Å². The molecule has 23 heavy (non-hydrogen) atoms. The molecule has 1 saturated heterocycles. The second kappa shape index (κ2) is 7.09. The Balaban J connectivity index is 2.12. The molecule has 2 fully saturated rings. The number of esters is 1. The van der Waals surface area contributed by atoms with Crippen LogP contribution >= 0.6 is 0 Å². The standard InChI is InChI=1S/C17H26O6/c1-4-21-15(20)8-9-17(13(18)6-5-7-14(17)19)10-12-11-22-16(2,3)23-12/h12H,4-11H2,1-3H3/t12-/m0/s1. The maximum atomic E-state index is 12.6. The highest BCUT2D eigenvalue weighted by atomic mass is 16.7. The number of ketones is 2. The molecule has 6 nitrogen and oxygen atoms in total. The molecule has 6 heteroatoms. The van der Waals surface area contributed by atoms with E-state index in [0.717, 1.165) is 0 Å². The molecular formula is C17H26O6. The number of rotatable bonds is 6. The Hall–Kier alpha value is -1.27. The summed E-state index contributed by atoms with van der Waals surface area (Å²) >= 11 is 0. The van der Waals surface area contributed by atoms with Crippen molar-refractivity contribution in [2.75, 3.05) is 13.2 Å². The molecule has 0 spiro atoms. The smallest absolute Gasteiger partial charge is 0.305 e. The van der Waals surface area contributed by atoms with E-state index < -0.39 is 11.2 Å². The lowest BCUT2D eigenvalue weighted by Gasteiger charge is -2.35. The number of hydrogen-bond acceptors (Lipinski definition) is 6. The van der Waals surface area contributed by atoms with Crippen molar-refractivity contribution < 1.29 is 28.6 Å². The van der Waals surface area contributed by atoms with Crippen LogP contribution in [-0.2, 0) is 28.6 Å². The van der Waals surface area contributed by atoms with Crippen LogP contribution in [0, 0.1) is 5.41 Å². The van der Waals surface area contributed by atoms with Crippen LogP contribution in [0.4, 0.5) is 0 Å². The summed E-state index contributed by atoms with van der Waals surface area (Å²) in [5, 5.41) is 0. The summed E-state index contributed by atoms with van der Waals surface area (Å²) in [6.07, 6.45) is 1.60. The van der Waals surface area contributed by atoms with Gasteiger partial charge in [0.25, 0.3) is 0 Å². The zero-order valence-corrected chi connectivity index (χ0v) is 14.2. The Morgan fingerprint density at radius 2 is 1.91 bits per heavy atom. The summed E-state index contributed by atoms with van der Waals surface area (Å²) < 4.78 is 16.3. The molecule has 0 bridgehead atoms. The van der Waals surface area contributed by atoms with E-state index in [4.69, 9.17) is 14.2 Å². The number of carbonyl (C=O) groups excluding carboxylic acids is 3. The summed E-state index contributed by atoms with van der Waals surface area (Å²) in [5.74, 6) is -1.23. The third kappa shape index (κ3) is 4.18. The number of carbonyl (C=O) groups is 3. The van der Waals surface area contributed by atoms with E-state index in [-0.39, 0.29) is 42.9 Å². The molecule has 1 aliphatic carbocycles. The van der Waals surface area contributed by atoms with Gasteiger partial charge >= 0.3 is 5.97 Å². The molecule has 1 aliphatic heterocycles. The first-order valence-corrected chi connectivity index (χ1v) is 8.33. The first-order chi connectivity index (χ1) is 10.8. The zero-order chi connectivity index (χ0) is 17.1. The van der Waals surface area contributed by atoms with Crippen molar-refractivity contribution in [2.24, 2.45) is 5.41 Å². The van der Waals surface area contributed by atoms with Crippen molar-refractivity contribution in [3.8, 4) is 0 Å². The SMILES string of the molecule is CCOC(=O)CCC1(C[C@H]2COC(C)(C)O2)C(=O)CCCC1=O. The zero-order valence-electron chi connectivity index (χ0n) is 14.2. The van der Waals surface area contributed by atoms with Gasteiger partial charge in [-0.15, -0.1) is 0 Å². The molecule has 2 aliphatic rings. The summed E-state index contributed by atoms with van der Waals surface area (Å²) in [5.41, 5.74) is -1.13. The van der Waals surface area contributed by atoms with Gasteiger partial charge in [0, 0.05) is 19.3 Å². The fraction of sp³-hybridized carbons (Fsp3) is 0.824. The van der Waals surface area contributed by atoms with E-state index in [1.165, 1.54) is 0 Å². The second-order valence-corrected chi connectivity index (χ2v) is 6.74. The van der Waals surface area contributed by atoms with Crippen LogP contribution in [0.25, 0.3) is 0 Å². The van der Waals surface area contributed by atoms with Gasteiger partial charge in [0.1, 0.15) is 11.6 Å². The molecule has 0 aromatic carbocycles. The summed E-state index contributed by atoms with van der Waals surface area (Å²) in [6.45, 7) is 6.00. The Morgan fingerprint density at radius 3 is 2.43 bits per heavy atom. The molecule has 0 N–H and O–H groups in total. The van der Waals surface area contributed by atoms with Crippen LogP contribution < -0.4 is 0 Å². The molecule has 0 amide bonds. The van der Waals surface area contributed by atoms with E-state index >= 15 is 0 Å². The Bertz CT molecular complexity index is 465. The second-order valence-electron chi connectivity index (χ2n) is 6.74. The van der Waals surface area contributed by atoms with Crippen molar-refractivity contribution in [2.45, 2.75) is 71.2 Å². The van der Waals surface area contributed by atoms with E-state index in [1.807, 2.05) is 13.8 Å². The van der Waals surface area contributed by atoms with Crippen LogP contribution in [0.2, 0.25) is 0 Å². The fourth-order valence-corrected chi connectivity index (χ4v) is 3.45. The monoisotopic (exact) mass is 326 g/mol. The minimum atomic E-state index is -1.13. The van der Waals surface area contributed by atoms with Gasteiger partial charge in [0.15, 0.2) is 5.79 Å². The molecule has 1 heterocycles. The Kier molecular flexibility index (Phi) is 5.57. The van der Waals surface area contributed by atoms with Gasteiger partial charge < -0.3 is 14.2 Å². The fourth-order valence-electron chi connectivity index (χ4n) is 3.45. The molecule has 0 unspecified atom stereocenters. The van der Waals surface area contributed by atoms with Crippen LogP contribution in [-0.4, -0.2) is 42.6 Å². The summed E-state index contributed by atoms with van der Waals surface area (Å²) in [7, 11) is 0. The lowest BCUT2D eigenvalue weighted by Crippen LogP contribution is -2.46.